The van der Waals surface area contributed by atoms with Crippen molar-refractivity contribution < 1.29 is 19.4 Å². The largest absolute Gasteiger partial charge is 0.444 e. The lowest BCUT2D eigenvalue weighted by Crippen LogP contribution is -2.34. The number of nitrogens with one attached hydrogen (secondary N) is 1. The molecule has 0 aliphatic heterocycles. The first kappa shape index (κ1) is 20.1. The smallest absolute Gasteiger partial charge is 0.407 e. The van der Waals surface area contributed by atoms with Crippen LogP contribution in [-0.2, 0) is 16.1 Å². The number of halogens is 1. The number of hydrogen-bond donors (Lipinski definition) is 2. The summed E-state index contributed by atoms with van der Waals surface area (Å²) >= 11 is 7.57. The number of carbonyl (C=O) groups excluding carboxylic acids is 1. The zero-order chi connectivity index (χ0) is 17.3. The molecule has 1 rings (SSSR count). The number of aliphatic hydroxyl groups is 1. The molecule has 1 aromatic rings. The molecule has 0 aromatic heterocycles. The van der Waals surface area contributed by atoms with Gasteiger partial charge >= 0.3 is 6.09 Å². The van der Waals surface area contributed by atoms with Gasteiger partial charge in [0.15, 0.2) is 0 Å². The summed E-state index contributed by atoms with van der Waals surface area (Å²) in [6.45, 7) is 6.80. The molecule has 0 radical (unpaired) electrons. The van der Waals surface area contributed by atoms with E-state index in [2.05, 4.69) is 5.32 Å². The molecule has 1 aromatic carbocycles. The summed E-state index contributed by atoms with van der Waals surface area (Å²) in [5.41, 5.74) is 0.229. The molecular weight excluding hydrogens is 338 g/mol. The van der Waals surface area contributed by atoms with Crippen molar-refractivity contribution >= 4 is 29.5 Å². The summed E-state index contributed by atoms with van der Waals surface area (Å²) in [5, 5.41) is 12.4. The molecule has 130 valence electrons. The van der Waals surface area contributed by atoms with Crippen molar-refractivity contribution in [3.63, 3.8) is 0 Å². The van der Waals surface area contributed by atoms with E-state index in [1.54, 1.807) is 17.8 Å². The van der Waals surface area contributed by atoms with Crippen LogP contribution in [0, 0.1) is 0 Å². The van der Waals surface area contributed by atoms with Crippen molar-refractivity contribution in [3.8, 4) is 0 Å². The van der Waals surface area contributed by atoms with Crippen molar-refractivity contribution in [3.05, 3.63) is 28.8 Å². The molecule has 0 fully saturated rings. The normalized spacial score (nSPS) is 11.3. The molecule has 0 aliphatic rings. The van der Waals surface area contributed by atoms with Crippen molar-refractivity contribution in [2.75, 3.05) is 25.5 Å². The molecule has 0 saturated carbocycles. The number of carbonyl (C=O) groups is 1. The number of ether oxygens (including phenoxy) is 2. The van der Waals surface area contributed by atoms with E-state index in [9.17, 15) is 4.79 Å². The minimum atomic E-state index is -0.492. The van der Waals surface area contributed by atoms with Crippen LogP contribution in [0.25, 0.3) is 0 Å². The minimum Gasteiger partial charge on any atom is -0.444 e. The van der Waals surface area contributed by atoms with Crippen LogP contribution in [0.4, 0.5) is 4.79 Å². The fourth-order valence-corrected chi connectivity index (χ4v) is 2.63. The van der Waals surface area contributed by atoms with Gasteiger partial charge in [0.25, 0.3) is 0 Å². The lowest BCUT2D eigenvalue weighted by atomic mass is 10.2. The van der Waals surface area contributed by atoms with Crippen LogP contribution >= 0.6 is 23.4 Å². The number of alkyl carbamates (subject to hydrolysis) is 1. The average molecular weight is 362 g/mol. The molecule has 0 spiro atoms. The Hall–Kier alpha value is -0.950. The molecule has 0 bridgehead atoms. The maximum atomic E-state index is 11.4. The number of thioether (sulfide) groups is 1. The Morgan fingerprint density at radius 3 is 2.74 bits per heavy atom. The highest BCUT2D eigenvalue weighted by Gasteiger charge is 2.15. The number of aliphatic hydroxyl groups excluding tert-OH is 1. The second-order valence-corrected chi connectivity index (χ2v) is 7.38. The van der Waals surface area contributed by atoms with Crippen molar-refractivity contribution in [2.45, 2.75) is 37.9 Å². The Morgan fingerprint density at radius 2 is 2.09 bits per heavy atom. The molecule has 0 saturated heterocycles. The molecule has 0 heterocycles. The Kier molecular flexibility index (Phi) is 8.76. The Morgan fingerprint density at radius 1 is 1.35 bits per heavy atom. The summed E-state index contributed by atoms with van der Waals surface area (Å²) in [4.78, 5) is 12.4. The van der Waals surface area contributed by atoms with Gasteiger partial charge in [0.2, 0.25) is 0 Å². The van der Waals surface area contributed by atoms with E-state index in [0.717, 1.165) is 16.2 Å². The summed E-state index contributed by atoms with van der Waals surface area (Å²) in [6.07, 6.45) is -0.437. The quantitative estimate of drug-likeness (QED) is 0.548. The van der Waals surface area contributed by atoms with Gasteiger partial charge in [0, 0.05) is 22.2 Å². The zero-order valence-corrected chi connectivity index (χ0v) is 15.3. The zero-order valence-electron chi connectivity index (χ0n) is 13.7. The van der Waals surface area contributed by atoms with Gasteiger partial charge in [-0.3, -0.25) is 0 Å². The number of hydrogen-bond acceptors (Lipinski definition) is 5. The third-order valence-electron chi connectivity index (χ3n) is 2.60. The first-order valence-corrected chi connectivity index (χ1v) is 8.75. The summed E-state index contributed by atoms with van der Waals surface area (Å²) < 4.78 is 10.6. The van der Waals surface area contributed by atoms with Crippen molar-refractivity contribution in [2.24, 2.45) is 0 Å². The topological polar surface area (TPSA) is 67.8 Å². The van der Waals surface area contributed by atoms with Gasteiger partial charge in [0.1, 0.15) is 5.60 Å². The molecule has 1 amide bonds. The van der Waals surface area contributed by atoms with E-state index in [1.807, 2.05) is 32.9 Å². The predicted octanol–water partition coefficient (Wildman–Crippen LogP) is 3.47. The van der Waals surface area contributed by atoms with E-state index in [1.165, 1.54) is 0 Å². The highest BCUT2D eigenvalue weighted by molar-refractivity contribution is 7.99. The SMILES string of the molecule is CC(C)(C)OC(=O)NCCOCCSc1ccc(Cl)c(CO)c1. The minimum absolute atomic E-state index is 0.0694. The van der Waals surface area contributed by atoms with Crippen molar-refractivity contribution in [1.29, 1.82) is 0 Å². The second kappa shape index (κ2) is 10.0. The first-order chi connectivity index (χ1) is 10.8. The first-order valence-electron chi connectivity index (χ1n) is 7.38. The standard InChI is InChI=1S/C16H24ClNO4S/c1-16(2,3)22-15(20)18-6-7-21-8-9-23-13-4-5-14(17)12(10-13)11-19/h4-5,10,19H,6-9,11H2,1-3H3,(H,18,20). The Balaban J connectivity index is 2.11. The van der Waals surface area contributed by atoms with Gasteiger partial charge < -0.3 is 19.9 Å². The maximum absolute atomic E-state index is 11.4. The Labute approximate surface area is 146 Å². The summed E-state index contributed by atoms with van der Waals surface area (Å²) in [7, 11) is 0. The average Bonchev–Trinajstić information content (AvgIpc) is 2.46. The van der Waals surface area contributed by atoms with E-state index in [4.69, 9.17) is 26.2 Å². The molecular formula is C16H24ClNO4S. The van der Waals surface area contributed by atoms with E-state index in [-0.39, 0.29) is 6.61 Å². The van der Waals surface area contributed by atoms with Crippen LogP contribution in [0.5, 0.6) is 0 Å². The molecule has 0 aliphatic carbocycles. The van der Waals surface area contributed by atoms with Crippen molar-refractivity contribution in [1.82, 2.24) is 5.32 Å². The summed E-state index contributed by atoms with van der Waals surface area (Å²) in [6, 6.07) is 5.56. The third kappa shape index (κ3) is 9.05. The van der Waals surface area contributed by atoms with Crippen LogP contribution in [0.2, 0.25) is 5.02 Å². The second-order valence-electron chi connectivity index (χ2n) is 5.80. The van der Waals surface area contributed by atoms with Gasteiger partial charge in [-0.25, -0.2) is 4.79 Å². The Bertz CT molecular complexity index is 505. The van der Waals surface area contributed by atoms with Gasteiger partial charge in [-0.1, -0.05) is 11.6 Å². The number of benzene rings is 1. The van der Waals surface area contributed by atoms with Crippen LogP contribution in [-0.4, -0.2) is 42.3 Å². The van der Waals surface area contributed by atoms with Gasteiger partial charge in [0.05, 0.1) is 19.8 Å². The highest BCUT2D eigenvalue weighted by Crippen LogP contribution is 2.24. The molecule has 0 atom stereocenters. The summed E-state index contributed by atoms with van der Waals surface area (Å²) in [5.74, 6) is 0.777. The van der Waals surface area contributed by atoms with E-state index in [0.29, 0.717) is 24.8 Å². The van der Waals surface area contributed by atoms with Gasteiger partial charge in [-0.15, -0.1) is 11.8 Å². The van der Waals surface area contributed by atoms with Gasteiger partial charge in [-0.2, -0.15) is 0 Å². The van der Waals surface area contributed by atoms with Gasteiger partial charge in [-0.05, 0) is 44.5 Å². The maximum Gasteiger partial charge on any atom is 0.407 e. The fourth-order valence-electron chi connectivity index (χ4n) is 1.62. The molecule has 7 heteroatoms. The van der Waals surface area contributed by atoms with Crippen LogP contribution < -0.4 is 5.32 Å². The third-order valence-corrected chi connectivity index (χ3v) is 3.93. The lowest BCUT2D eigenvalue weighted by molar-refractivity contribution is 0.0503. The van der Waals surface area contributed by atoms with E-state index >= 15 is 0 Å². The molecule has 2 N–H and O–H groups in total. The monoisotopic (exact) mass is 361 g/mol. The molecule has 23 heavy (non-hydrogen) atoms. The highest BCUT2D eigenvalue weighted by atomic mass is 35.5. The molecule has 5 nitrogen and oxygen atoms in total. The van der Waals surface area contributed by atoms with E-state index < -0.39 is 11.7 Å². The predicted molar refractivity (Wildman–Crippen MR) is 93.2 cm³/mol. The number of amides is 1. The molecule has 0 unspecified atom stereocenters. The van der Waals surface area contributed by atoms with Crippen LogP contribution in [0.15, 0.2) is 23.1 Å². The fraction of sp³-hybridized carbons (Fsp3) is 0.562. The number of rotatable bonds is 8. The van der Waals surface area contributed by atoms with Crippen LogP contribution in [0.1, 0.15) is 26.3 Å². The lowest BCUT2D eigenvalue weighted by Gasteiger charge is -2.19. The van der Waals surface area contributed by atoms with Crippen LogP contribution in [0.3, 0.4) is 0 Å².